The number of nitrogens with zero attached hydrogens (tertiary/aromatic N) is 1. The average molecular weight is 213 g/mol. The van der Waals surface area contributed by atoms with Crippen LogP contribution in [0.4, 0.5) is 13.2 Å². The van der Waals surface area contributed by atoms with Gasteiger partial charge in [-0.25, -0.2) is 0 Å². The first kappa shape index (κ1) is 13.2. The van der Waals surface area contributed by atoms with Crippen LogP contribution < -0.4 is 5.73 Å². The Balaban J connectivity index is 4.22. The van der Waals surface area contributed by atoms with E-state index in [1.807, 2.05) is 0 Å². The highest BCUT2D eigenvalue weighted by molar-refractivity contribution is 5.77. The van der Waals surface area contributed by atoms with Crippen LogP contribution in [-0.4, -0.2) is 36.3 Å². The smallest absolute Gasteiger partial charge is 0.389 e. The van der Waals surface area contributed by atoms with Gasteiger partial charge < -0.3 is 10.6 Å². The van der Waals surface area contributed by atoms with Crippen LogP contribution in [0.25, 0.3) is 0 Å². The van der Waals surface area contributed by atoms with E-state index in [0.717, 1.165) is 14.0 Å². The highest BCUT2D eigenvalue weighted by Gasteiger charge is 2.40. The van der Waals surface area contributed by atoms with Gasteiger partial charge >= 0.3 is 6.18 Å². The Hall–Kier alpha value is -0.820. The summed E-state index contributed by atoms with van der Waals surface area (Å²) >= 11 is 0. The Morgan fingerprint density at radius 3 is 2.14 bits per heavy atom. The zero-order valence-electron chi connectivity index (χ0n) is 8.22. The van der Waals surface area contributed by atoms with Gasteiger partial charge in [0, 0.05) is 7.05 Å². The third-order valence-corrected chi connectivity index (χ3v) is 1.68. The van der Waals surface area contributed by atoms with Crippen molar-refractivity contribution in [3.8, 4) is 0 Å². The van der Waals surface area contributed by atoms with Gasteiger partial charge in [0.25, 0.3) is 0 Å². The van der Waals surface area contributed by atoms with Gasteiger partial charge in [-0.2, -0.15) is 13.2 Å². The standard InChI is InChI=1S/C7H14F3N3O/c1-4(11)6(12)14-13(3)5(2)7(8,9)10/h4-5,12H,11H2,1-3H3/t4-,5?/m0/s1. The van der Waals surface area contributed by atoms with Crippen LogP contribution in [0.2, 0.25) is 0 Å². The van der Waals surface area contributed by atoms with Crippen LogP contribution in [0.15, 0.2) is 0 Å². The lowest BCUT2D eigenvalue weighted by Gasteiger charge is -2.26. The molecule has 0 aromatic rings. The first-order valence-corrected chi connectivity index (χ1v) is 3.97. The van der Waals surface area contributed by atoms with E-state index in [1.54, 1.807) is 0 Å². The lowest BCUT2D eigenvalue weighted by atomic mass is 10.3. The molecule has 2 atom stereocenters. The second-order valence-electron chi connectivity index (χ2n) is 3.01. The number of nitrogens with two attached hydrogens (primary N) is 1. The van der Waals surface area contributed by atoms with Gasteiger partial charge in [0.15, 0.2) is 0 Å². The van der Waals surface area contributed by atoms with Crippen molar-refractivity contribution in [2.75, 3.05) is 7.05 Å². The molecule has 0 saturated heterocycles. The zero-order valence-corrected chi connectivity index (χ0v) is 8.22. The summed E-state index contributed by atoms with van der Waals surface area (Å²) in [6.45, 7) is 2.39. The van der Waals surface area contributed by atoms with Crippen molar-refractivity contribution in [2.24, 2.45) is 5.73 Å². The first-order valence-electron chi connectivity index (χ1n) is 3.97. The maximum absolute atomic E-state index is 12.1. The molecule has 4 nitrogen and oxygen atoms in total. The molecule has 0 amide bonds. The molecule has 0 aromatic carbocycles. The molecule has 14 heavy (non-hydrogen) atoms. The fraction of sp³-hybridized carbons (Fsp3) is 0.857. The Morgan fingerprint density at radius 1 is 1.43 bits per heavy atom. The molecule has 0 rings (SSSR count). The van der Waals surface area contributed by atoms with E-state index in [0.29, 0.717) is 5.06 Å². The average Bonchev–Trinajstić information content (AvgIpc) is 2.00. The Bertz CT molecular complexity index is 205. The third kappa shape index (κ3) is 3.93. The van der Waals surface area contributed by atoms with Crippen molar-refractivity contribution < 1.29 is 18.0 Å². The van der Waals surface area contributed by atoms with E-state index in [9.17, 15) is 13.2 Å². The molecule has 0 aliphatic rings. The predicted molar refractivity (Wildman–Crippen MR) is 45.7 cm³/mol. The monoisotopic (exact) mass is 213 g/mol. The molecule has 0 bridgehead atoms. The molecular weight excluding hydrogens is 199 g/mol. The Morgan fingerprint density at radius 2 is 1.86 bits per heavy atom. The molecule has 0 saturated carbocycles. The van der Waals surface area contributed by atoms with Gasteiger partial charge in [0.05, 0.1) is 6.04 Å². The quantitative estimate of drug-likeness (QED) is 0.419. The molecule has 0 aliphatic carbocycles. The van der Waals surface area contributed by atoms with E-state index in [4.69, 9.17) is 11.1 Å². The van der Waals surface area contributed by atoms with Gasteiger partial charge in [-0.15, -0.1) is 5.06 Å². The van der Waals surface area contributed by atoms with Gasteiger partial charge in [-0.3, -0.25) is 5.41 Å². The van der Waals surface area contributed by atoms with E-state index >= 15 is 0 Å². The fourth-order valence-electron chi connectivity index (χ4n) is 0.523. The summed E-state index contributed by atoms with van der Waals surface area (Å²) in [4.78, 5) is 4.57. The minimum Gasteiger partial charge on any atom is -0.389 e. The zero-order chi connectivity index (χ0) is 11.5. The topological polar surface area (TPSA) is 62.3 Å². The van der Waals surface area contributed by atoms with Crippen molar-refractivity contribution in [1.82, 2.24) is 5.06 Å². The normalized spacial score (nSPS) is 16.6. The number of hydrogen-bond acceptors (Lipinski definition) is 4. The summed E-state index contributed by atoms with van der Waals surface area (Å²) in [6, 6.07) is -2.50. The molecule has 0 aromatic heterocycles. The number of hydroxylamine groups is 2. The Labute approximate surface area is 80.3 Å². The predicted octanol–water partition coefficient (Wildman–Crippen LogP) is 1.13. The van der Waals surface area contributed by atoms with Crippen molar-refractivity contribution in [2.45, 2.75) is 32.1 Å². The molecule has 0 spiro atoms. The van der Waals surface area contributed by atoms with E-state index in [1.165, 1.54) is 6.92 Å². The Kier molecular flexibility index (Phi) is 4.34. The number of halogens is 3. The number of alkyl halides is 3. The molecule has 84 valence electrons. The summed E-state index contributed by atoms with van der Waals surface area (Å²) in [6.07, 6.45) is -4.38. The summed E-state index contributed by atoms with van der Waals surface area (Å²) in [5.41, 5.74) is 5.24. The third-order valence-electron chi connectivity index (χ3n) is 1.68. The van der Waals surface area contributed by atoms with Crippen LogP contribution in [0.1, 0.15) is 13.8 Å². The molecule has 3 N–H and O–H groups in total. The van der Waals surface area contributed by atoms with Crippen molar-refractivity contribution >= 4 is 5.90 Å². The van der Waals surface area contributed by atoms with Crippen molar-refractivity contribution in [1.29, 1.82) is 5.41 Å². The van der Waals surface area contributed by atoms with Crippen LogP contribution in [-0.2, 0) is 4.84 Å². The van der Waals surface area contributed by atoms with E-state index < -0.39 is 24.2 Å². The molecule has 0 heterocycles. The van der Waals surface area contributed by atoms with Crippen LogP contribution >= 0.6 is 0 Å². The lowest BCUT2D eigenvalue weighted by Crippen LogP contribution is -2.44. The number of nitrogens with one attached hydrogen (secondary N) is 1. The second-order valence-corrected chi connectivity index (χ2v) is 3.01. The van der Waals surface area contributed by atoms with Gasteiger partial charge in [-0.05, 0) is 13.8 Å². The molecule has 7 heteroatoms. The van der Waals surface area contributed by atoms with Gasteiger partial charge in [0.1, 0.15) is 6.04 Å². The minimum absolute atomic E-state index is 0.399. The second kappa shape index (κ2) is 4.61. The summed E-state index contributed by atoms with van der Waals surface area (Å²) in [5, 5.41) is 7.68. The van der Waals surface area contributed by atoms with E-state index in [-0.39, 0.29) is 0 Å². The molecule has 0 aliphatic heterocycles. The number of hydrogen-bond donors (Lipinski definition) is 2. The lowest BCUT2D eigenvalue weighted by molar-refractivity contribution is -0.230. The van der Waals surface area contributed by atoms with Gasteiger partial charge in [-0.1, -0.05) is 0 Å². The molecule has 0 radical (unpaired) electrons. The fourth-order valence-corrected chi connectivity index (χ4v) is 0.523. The maximum atomic E-state index is 12.1. The summed E-state index contributed by atoms with van der Waals surface area (Å²) in [5.74, 6) is -0.399. The van der Waals surface area contributed by atoms with Crippen molar-refractivity contribution in [3.63, 3.8) is 0 Å². The van der Waals surface area contributed by atoms with Crippen LogP contribution in [0.3, 0.4) is 0 Å². The summed E-state index contributed by atoms with van der Waals surface area (Å²) in [7, 11) is 1.11. The SMILES string of the molecule is CC(N(C)OC(=N)[C@H](C)N)C(F)(F)F. The molecule has 1 unspecified atom stereocenters. The number of rotatable bonds is 3. The molecule has 0 fully saturated rings. The van der Waals surface area contributed by atoms with Crippen LogP contribution in [0.5, 0.6) is 0 Å². The highest BCUT2D eigenvalue weighted by Crippen LogP contribution is 2.23. The highest BCUT2D eigenvalue weighted by atomic mass is 19.4. The van der Waals surface area contributed by atoms with Crippen LogP contribution in [0, 0.1) is 5.41 Å². The minimum atomic E-state index is -4.38. The van der Waals surface area contributed by atoms with Gasteiger partial charge in [0.2, 0.25) is 5.90 Å². The maximum Gasteiger partial charge on any atom is 0.407 e. The summed E-state index contributed by atoms with van der Waals surface area (Å²) < 4.78 is 36.4. The van der Waals surface area contributed by atoms with Crippen molar-refractivity contribution in [3.05, 3.63) is 0 Å². The largest absolute Gasteiger partial charge is 0.407 e. The van der Waals surface area contributed by atoms with E-state index in [2.05, 4.69) is 4.84 Å². The molecular formula is C7H14F3N3O. The first-order chi connectivity index (χ1) is 6.16.